The normalized spacial score (nSPS) is 11.9. The first-order valence-electron chi connectivity index (χ1n) is 7.83. The van der Waals surface area contributed by atoms with E-state index in [1.165, 1.54) is 10.8 Å². The van der Waals surface area contributed by atoms with Crippen molar-refractivity contribution in [1.29, 1.82) is 5.26 Å². The van der Waals surface area contributed by atoms with Gasteiger partial charge in [-0.25, -0.2) is 9.59 Å². The van der Waals surface area contributed by atoms with Gasteiger partial charge in [0.15, 0.2) is 6.61 Å². The second kappa shape index (κ2) is 10.8. The van der Waals surface area contributed by atoms with Crippen molar-refractivity contribution < 1.29 is 19.1 Å². The molecule has 1 amide bonds. The Hall–Kier alpha value is -2.05. The van der Waals surface area contributed by atoms with E-state index in [-0.39, 0.29) is 18.0 Å². The van der Waals surface area contributed by atoms with Gasteiger partial charge in [0.25, 0.3) is 0 Å². The minimum absolute atomic E-state index is 0.00143. The van der Waals surface area contributed by atoms with Gasteiger partial charge < -0.3 is 20.5 Å². The molecule has 0 aliphatic carbocycles. The standard InChI is InChI=1S/C17H23N3O4S2/c1-17(2,3)26-25-11-14(15(21)23-9-8-18)20-16(22)24-10-12-4-6-13(19)7-5-12/h4-7,14H,9-11,19H2,1-3H3,(H,20,22)/t14-/m0/s1. The molecule has 0 unspecified atom stereocenters. The molecule has 7 nitrogen and oxygen atoms in total. The predicted octanol–water partition coefficient (Wildman–Crippen LogP) is 3.11. The van der Waals surface area contributed by atoms with E-state index < -0.39 is 18.1 Å². The quantitative estimate of drug-likeness (QED) is 0.391. The van der Waals surface area contributed by atoms with Crippen LogP contribution >= 0.6 is 21.6 Å². The van der Waals surface area contributed by atoms with Crippen molar-refractivity contribution in [2.45, 2.75) is 38.2 Å². The lowest BCUT2D eigenvalue weighted by molar-refractivity contribution is -0.143. The van der Waals surface area contributed by atoms with Crippen LogP contribution in [0.15, 0.2) is 24.3 Å². The highest BCUT2D eigenvalue weighted by Crippen LogP contribution is 2.35. The summed E-state index contributed by atoms with van der Waals surface area (Å²) in [5, 5.41) is 11.0. The fourth-order valence-electron chi connectivity index (χ4n) is 1.60. The number of anilines is 1. The number of carbonyl (C=O) groups excluding carboxylic acids is 2. The van der Waals surface area contributed by atoms with Crippen LogP contribution in [0.3, 0.4) is 0 Å². The maximum absolute atomic E-state index is 12.0. The van der Waals surface area contributed by atoms with Gasteiger partial charge in [0, 0.05) is 16.2 Å². The van der Waals surface area contributed by atoms with Crippen LogP contribution < -0.4 is 11.1 Å². The molecule has 1 rings (SSSR count). The van der Waals surface area contributed by atoms with E-state index in [1.807, 2.05) is 20.8 Å². The van der Waals surface area contributed by atoms with E-state index in [1.54, 1.807) is 41.1 Å². The summed E-state index contributed by atoms with van der Waals surface area (Å²) in [6.45, 7) is 5.82. The van der Waals surface area contributed by atoms with Gasteiger partial charge >= 0.3 is 12.1 Å². The molecule has 0 heterocycles. The first-order valence-corrected chi connectivity index (χ1v) is 10.1. The monoisotopic (exact) mass is 397 g/mol. The Morgan fingerprint density at radius 3 is 2.50 bits per heavy atom. The van der Waals surface area contributed by atoms with Crippen LogP contribution in [0.2, 0.25) is 0 Å². The summed E-state index contributed by atoms with van der Waals surface area (Å²) in [6.07, 6.45) is -0.734. The number of benzene rings is 1. The van der Waals surface area contributed by atoms with Crippen LogP contribution in [0.25, 0.3) is 0 Å². The molecule has 1 aromatic carbocycles. The largest absolute Gasteiger partial charge is 0.449 e. The van der Waals surface area contributed by atoms with Crippen molar-refractivity contribution in [3.05, 3.63) is 29.8 Å². The van der Waals surface area contributed by atoms with Crippen LogP contribution in [-0.2, 0) is 20.9 Å². The second-order valence-corrected chi connectivity index (χ2v) is 9.43. The van der Waals surface area contributed by atoms with Crippen molar-refractivity contribution in [1.82, 2.24) is 5.32 Å². The molecule has 9 heteroatoms. The van der Waals surface area contributed by atoms with Gasteiger partial charge in [-0.2, -0.15) is 5.26 Å². The molecule has 0 radical (unpaired) electrons. The molecule has 0 saturated heterocycles. The number of ether oxygens (including phenoxy) is 2. The van der Waals surface area contributed by atoms with Gasteiger partial charge in [0.05, 0.1) is 0 Å². The second-order valence-electron chi connectivity index (χ2n) is 6.26. The van der Waals surface area contributed by atoms with E-state index in [0.29, 0.717) is 11.4 Å². The van der Waals surface area contributed by atoms with E-state index >= 15 is 0 Å². The van der Waals surface area contributed by atoms with E-state index in [2.05, 4.69) is 5.32 Å². The number of carbonyl (C=O) groups is 2. The van der Waals surface area contributed by atoms with Crippen molar-refractivity contribution in [2.75, 3.05) is 18.1 Å². The third kappa shape index (κ3) is 9.44. The van der Waals surface area contributed by atoms with Gasteiger partial charge in [-0.15, -0.1) is 0 Å². The van der Waals surface area contributed by atoms with Crippen LogP contribution in [-0.4, -0.2) is 35.2 Å². The number of rotatable bonds is 8. The highest BCUT2D eigenvalue weighted by Gasteiger charge is 2.24. The number of esters is 1. The van der Waals surface area contributed by atoms with E-state index in [9.17, 15) is 9.59 Å². The lowest BCUT2D eigenvalue weighted by Crippen LogP contribution is -2.43. The summed E-state index contributed by atoms with van der Waals surface area (Å²) in [5.74, 6) is -0.374. The summed E-state index contributed by atoms with van der Waals surface area (Å²) < 4.78 is 9.93. The van der Waals surface area contributed by atoms with Gasteiger partial charge in [-0.1, -0.05) is 54.5 Å². The van der Waals surface area contributed by atoms with Crippen molar-refractivity contribution in [2.24, 2.45) is 0 Å². The molecule has 142 valence electrons. The Bertz CT molecular complexity index is 639. The van der Waals surface area contributed by atoms with Crippen LogP contribution in [0.1, 0.15) is 26.3 Å². The highest BCUT2D eigenvalue weighted by atomic mass is 33.1. The number of hydrogen-bond donors (Lipinski definition) is 2. The van der Waals surface area contributed by atoms with E-state index in [4.69, 9.17) is 20.5 Å². The van der Waals surface area contributed by atoms with Crippen molar-refractivity contribution in [3.63, 3.8) is 0 Å². The number of nitrogens with two attached hydrogens (primary N) is 1. The number of alkyl carbamates (subject to hydrolysis) is 1. The molecule has 0 aliphatic heterocycles. The van der Waals surface area contributed by atoms with Crippen molar-refractivity contribution in [3.8, 4) is 6.07 Å². The SMILES string of the molecule is CC(C)(C)SSC[C@H](NC(=O)OCc1ccc(N)cc1)C(=O)OCC#N. The summed E-state index contributed by atoms with van der Waals surface area (Å²) in [7, 11) is 3.02. The summed E-state index contributed by atoms with van der Waals surface area (Å²) in [5.41, 5.74) is 6.99. The Balaban J connectivity index is 2.55. The average molecular weight is 398 g/mol. The lowest BCUT2D eigenvalue weighted by Gasteiger charge is -2.20. The minimum Gasteiger partial charge on any atom is -0.449 e. The molecule has 0 fully saturated rings. The van der Waals surface area contributed by atoms with Crippen molar-refractivity contribution >= 4 is 39.3 Å². The summed E-state index contributed by atoms with van der Waals surface area (Å²) in [4.78, 5) is 24.0. The van der Waals surface area contributed by atoms with Gasteiger partial charge in [0.2, 0.25) is 0 Å². The molecule has 0 bridgehead atoms. The molecule has 0 saturated carbocycles. The molecule has 0 aliphatic rings. The summed E-state index contributed by atoms with van der Waals surface area (Å²) >= 11 is 0. The first-order chi connectivity index (χ1) is 12.2. The third-order valence-electron chi connectivity index (χ3n) is 2.75. The number of nitrogen functional groups attached to an aromatic ring is 1. The molecular formula is C17H23N3O4S2. The van der Waals surface area contributed by atoms with Crippen LogP contribution in [0.4, 0.5) is 10.5 Å². The molecular weight excluding hydrogens is 374 g/mol. The fourth-order valence-corrected chi connectivity index (χ4v) is 4.05. The third-order valence-corrected chi connectivity index (χ3v) is 6.10. The average Bonchev–Trinajstić information content (AvgIpc) is 2.57. The highest BCUT2D eigenvalue weighted by molar-refractivity contribution is 8.77. The molecule has 0 spiro atoms. The first kappa shape index (κ1) is 22.0. The van der Waals surface area contributed by atoms with Crippen LogP contribution in [0.5, 0.6) is 0 Å². The topological polar surface area (TPSA) is 114 Å². The Kier molecular flexibility index (Phi) is 9.16. The smallest absolute Gasteiger partial charge is 0.408 e. The molecule has 3 N–H and O–H groups in total. The zero-order valence-electron chi connectivity index (χ0n) is 15.0. The van der Waals surface area contributed by atoms with Gasteiger partial charge in [0.1, 0.15) is 18.7 Å². The molecule has 0 aromatic heterocycles. The number of nitriles is 1. The van der Waals surface area contributed by atoms with Crippen LogP contribution in [0, 0.1) is 11.3 Å². The molecule has 1 atom stereocenters. The van der Waals surface area contributed by atoms with Gasteiger partial charge in [-0.3, -0.25) is 0 Å². The molecule has 26 heavy (non-hydrogen) atoms. The zero-order chi connectivity index (χ0) is 19.6. The number of nitrogens with zero attached hydrogens (tertiary/aromatic N) is 1. The maximum Gasteiger partial charge on any atom is 0.408 e. The zero-order valence-corrected chi connectivity index (χ0v) is 16.6. The molecule has 1 aromatic rings. The predicted molar refractivity (Wildman–Crippen MR) is 104 cm³/mol. The van der Waals surface area contributed by atoms with Gasteiger partial charge in [-0.05, 0) is 17.7 Å². The number of nitrogens with one attached hydrogen (secondary N) is 1. The Morgan fingerprint density at radius 1 is 1.27 bits per heavy atom. The Labute approximate surface area is 161 Å². The summed E-state index contributed by atoms with van der Waals surface area (Å²) in [6, 6.07) is 7.74. The number of hydrogen-bond acceptors (Lipinski definition) is 8. The minimum atomic E-state index is -0.901. The van der Waals surface area contributed by atoms with E-state index in [0.717, 1.165) is 5.56 Å². The lowest BCUT2D eigenvalue weighted by atomic mass is 10.2. The number of amides is 1. The maximum atomic E-state index is 12.0. The Morgan fingerprint density at radius 2 is 1.92 bits per heavy atom. The fraction of sp³-hybridized carbons (Fsp3) is 0.471.